The fourth-order valence-electron chi connectivity index (χ4n) is 2.05. The van der Waals surface area contributed by atoms with Gasteiger partial charge in [0.2, 0.25) is 0 Å². The Bertz CT molecular complexity index is 497. The standard InChI is InChI=1S/C14H16FNO2/c1-10-4-3-7-16(9-10)14(17)12-6-5-11(18-2)8-13(12)15/h4-6,8H,3,7,9H2,1-2H3. The van der Waals surface area contributed by atoms with Crippen LogP contribution in [-0.4, -0.2) is 31.0 Å². The first-order valence-electron chi connectivity index (χ1n) is 5.90. The highest BCUT2D eigenvalue weighted by Crippen LogP contribution is 2.19. The number of nitrogens with zero attached hydrogens (tertiary/aromatic N) is 1. The maximum absolute atomic E-state index is 13.8. The molecule has 0 fully saturated rings. The molecule has 0 saturated heterocycles. The average Bonchev–Trinajstić information content (AvgIpc) is 2.37. The molecular formula is C14H16FNO2. The molecule has 0 atom stereocenters. The molecule has 1 amide bonds. The molecular weight excluding hydrogens is 233 g/mol. The van der Waals surface area contributed by atoms with Gasteiger partial charge in [0.1, 0.15) is 11.6 Å². The summed E-state index contributed by atoms with van der Waals surface area (Å²) in [5.41, 5.74) is 1.24. The van der Waals surface area contributed by atoms with Gasteiger partial charge in [0, 0.05) is 19.2 Å². The van der Waals surface area contributed by atoms with E-state index in [4.69, 9.17) is 4.74 Å². The van der Waals surface area contributed by atoms with Gasteiger partial charge in [-0.15, -0.1) is 0 Å². The number of hydrogen-bond acceptors (Lipinski definition) is 2. The Balaban J connectivity index is 2.21. The Labute approximate surface area is 106 Å². The van der Waals surface area contributed by atoms with Gasteiger partial charge in [0.15, 0.2) is 0 Å². The van der Waals surface area contributed by atoms with Gasteiger partial charge < -0.3 is 9.64 Å². The summed E-state index contributed by atoms with van der Waals surface area (Å²) < 4.78 is 18.7. The first-order chi connectivity index (χ1) is 8.61. The Morgan fingerprint density at radius 1 is 1.44 bits per heavy atom. The molecule has 1 heterocycles. The zero-order valence-corrected chi connectivity index (χ0v) is 10.6. The largest absolute Gasteiger partial charge is 0.497 e. The van der Waals surface area contributed by atoms with Crippen molar-refractivity contribution in [1.82, 2.24) is 4.90 Å². The number of hydrogen-bond donors (Lipinski definition) is 0. The number of halogens is 1. The van der Waals surface area contributed by atoms with Gasteiger partial charge in [0.25, 0.3) is 5.91 Å². The van der Waals surface area contributed by atoms with Crippen LogP contribution < -0.4 is 4.74 Å². The topological polar surface area (TPSA) is 29.5 Å². The third-order valence-electron chi connectivity index (χ3n) is 3.03. The fourth-order valence-corrected chi connectivity index (χ4v) is 2.05. The van der Waals surface area contributed by atoms with Crippen LogP contribution in [0.2, 0.25) is 0 Å². The van der Waals surface area contributed by atoms with Crippen molar-refractivity contribution in [1.29, 1.82) is 0 Å². The third-order valence-corrected chi connectivity index (χ3v) is 3.03. The molecule has 96 valence electrons. The minimum absolute atomic E-state index is 0.102. The second-order valence-electron chi connectivity index (χ2n) is 4.41. The van der Waals surface area contributed by atoms with E-state index in [-0.39, 0.29) is 11.5 Å². The molecule has 1 aromatic rings. The van der Waals surface area contributed by atoms with E-state index in [0.717, 1.165) is 12.0 Å². The summed E-state index contributed by atoms with van der Waals surface area (Å²) >= 11 is 0. The van der Waals surface area contributed by atoms with Gasteiger partial charge in [-0.3, -0.25) is 4.79 Å². The molecule has 0 unspecified atom stereocenters. The van der Waals surface area contributed by atoms with Gasteiger partial charge in [-0.2, -0.15) is 0 Å². The maximum Gasteiger partial charge on any atom is 0.257 e. The molecule has 0 aliphatic carbocycles. The molecule has 0 aromatic heterocycles. The molecule has 2 rings (SSSR count). The molecule has 0 saturated carbocycles. The summed E-state index contributed by atoms with van der Waals surface area (Å²) in [4.78, 5) is 13.9. The fraction of sp³-hybridized carbons (Fsp3) is 0.357. The van der Waals surface area contributed by atoms with E-state index < -0.39 is 5.82 Å². The summed E-state index contributed by atoms with van der Waals surface area (Å²) in [6.07, 6.45) is 2.93. The highest BCUT2D eigenvalue weighted by Gasteiger charge is 2.21. The molecule has 18 heavy (non-hydrogen) atoms. The van der Waals surface area contributed by atoms with Crippen LogP contribution >= 0.6 is 0 Å². The van der Waals surface area contributed by atoms with E-state index in [1.807, 2.05) is 6.92 Å². The third kappa shape index (κ3) is 2.53. The first kappa shape index (κ1) is 12.6. The molecule has 1 aliphatic heterocycles. The molecule has 1 aliphatic rings. The van der Waals surface area contributed by atoms with Gasteiger partial charge in [-0.1, -0.05) is 11.6 Å². The van der Waals surface area contributed by atoms with E-state index in [1.54, 1.807) is 11.0 Å². The number of amides is 1. The van der Waals surface area contributed by atoms with Crippen molar-refractivity contribution in [2.75, 3.05) is 20.2 Å². The van der Waals surface area contributed by atoms with Gasteiger partial charge in [0.05, 0.1) is 12.7 Å². The second-order valence-corrected chi connectivity index (χ2v) is 4.41. The molecule has 1 aromatic carbocycles. The van der Waals surface area contributed by atoms with Crippen LogP contribution in [0.4, 0.5) is 4.39 Å². The lowest BCUT2D eigenvalue weighted by Gasteiger charge is -2.26. The lowest BCUT2D eigenvalue weighted by Crippen LogP contribution is -2.35. The number of carbonyl (C=O) groups is 1. The van der Waals surface area contributed by atoms with Gasteiger partial charge >= 0.3 is 0 Å². The van der Waals surface area contributed by atoms with Crippen molar-refractivity contribution < 1.29 is 13.9 Å². The highest BCUT2D eigenvalue weighted by atomic mass is 19.1. The number of benzene rings is 1. The van der Waals surface area contributed by atoms with Crippen molar-refractivity contribution in [2.45, 2.75) is 13.3 Å². The van der Waals surface area contributed by atoms with Crippen molar-refractivity contribution in [3.8, 4) is 5.75 Å². The number of ether oxygens (including phenoxy) is 1. The predicted octanol–water partition coefficient (Wildman–Crippen LogP) is 2.63. The van der Waals surface area contributed by atoms with E-state index in [0.29, 0.717) is 18.8 Å². The van der Waals surface area contributed by atoms with E-state index in [1.165, 1.54) is 19.2 Å². The van der Waals surface area contributed by atoms with Crippen LogP contribution in [0, 0.1) is 5.82 Å². The Morgan fingerprint density at radius 2 is 2.22 bits per heavy atom. The van der Waals surface area contributed by atoms with E-state index >= 15 is 0 Å². The van der Waals surface area contributed by atoms with Crippen LogP contribution in [0.5, 0.6) is 5.75 Å². The van der Waals surface area contributed by atoms with E-state index in [2.05, 4.69) is 6.08 Å². The number of methoxy groups -OCH3 is 1. The first-order valence-corrected chi connectivity index (χ1v) is 5.90. The smallest absolute Gasteiger partial charge is 0.257 e. The summed E-state index contributed by atoms with van der Waals surface area (Å²) in [6.45, 7) is 3.19. The van der Waals surface area contributed by atoms with Gasteiger partial charge in [-0.25, -0.2) is 4.39 Å². The normalized spacial score (nSPS) is 15.3. The van der Waals surface area contributed by atoms with Crippen molar-refractivity contribution >= 4 is 5.91 Å². The minimum atomic E-state index is -0.536. The summed E-state index contributed by atoms with van der Waals surface area (Å²) in [5, 5.41) is 0. The minimum Gasteiger partial charge on any atom is -0.497 e. The van der Waals surface area contributed by atoms with Crippen molar-refractivity contribution in [3.05, 3.63) is 41.2 Å². The van der Waals surface area contributed by atoms with Gasteiger partial charge in [-0.05, 0) is 25.5 Å². The Hall–Kier alpha value is -1.84. The summed E-state index contributed by atoms with van der Waals surface area (Å²) in [6, 6.07) is 4.31. The summed E-state index contributed by atoms with van der Waals surface area (Å²) in [7, 11) is 1.47. The Kier molecular flexibility index (Phi) is 3.65. The maximum atomic E-state index is 13.8. The molecule has 0 bridgehead atoms. The van der Waals surface area contributed by atoms with Crippen LogP contribution in [-0.2, 0) is 0 Å². The Morgan fingerprint density at radius 3 is 2.83 bits per heavy atom. The monoisotopic (exact) mass is 249 g/mol. The quantitative estimate of drug-likeness (QED) is 0.754. The van der Waals surface area contributed by atoms with Crippen LogP contribution in [0.3, 0.4) is 0 Å². The number of carbonyl (C=O) groups excluding carboxylic acids is 1. The molecule has 0 spiro atoms. The summed E-state index contributed by atoms with van der Waals surface area (Å²) in [5.74, 6) is -0.382. The molecule has 0 radical (unpaired) electrons. The van der Waals surface area contributed by atoms with Crippen molar-refractivity contribution in [2.24, 2.45) is 0 Å². The lowest BCUT2D eigenvalue weighted by atomic mass is 10.1. The lowest BCUT2D eigenvalue weighted by molar-refractivity contribution is 0.0761. The zero-order valence-electron chi connectivity index (χ0n) is 10.6. The number of rotatable bonds is 2. The van der Waals surface area contributed by atoms with Crippen LogP contribution in [0.15, 0.2) is 29.8 Å². The SMILES string of the molecule is COc1ccc(C(=O)N2CCC=C(C)C2)c(F)c1. The van der Waals surface area contributed by atoms with E-state index in [9.17, 15) is 9.18 Å². The predicted molar refractivity (Wildman–Crippen MR) is 67.2 cm³/mol. The van der Waals surface area contributed by atoms with Crippen molar-refractivity contribution in [3.63, 3.8) is 0 Å². The highest BCUT2D eigenvalue weighted by molar-refractivity contribution is 5.94. The zero-order chi connectivity index (χ0) is 13.1. The molecule has 3 nitrogen and oxygen atoms in total. The molecule has 4 heteroatoms. The average molecular weight is 249 g/mol. The van der Waals surface area contributed by atoms with Crippen LogP contribution in [0.25, 0.3) is 0 Å². The second kappa shape index (κ2) is 5.21. The van der Waals surface area contributed by atoms with Crippen LogP contribution in [0.1, 0.15) is 23.7 Å². The molecule has 0 N–H and O–H groups in total.